The fraction of sp³-hybridized carbons (Fsp3) is 0.227. The van der Waals surface area contributed by atoms with E-state index in [0.717, 1.165) is 33.2 Å². The third-order valence-corrected chi connectivity index (χ3v) is 8.12. The van der Waals surface area contributed by atoms with E-state index in [1.54, 1.807) is 24.0 Å². The summed E-state index contributed by atoms with van der Waals surface area (Å²) >= 11 is 7.76. The van der Waals surface area contributed by atoms with Gasteiger partial charge in [0.2, 0.25) is 0 Å². The quantitative estimate of drug-likeness (QED) is 0.224. The summed E-state index contributed by atoms with van der Waals surface area (Å²) in [6.07, 6.45) is 3.59. The van der Waals surface area contributed by atoms with Gasteiger partial charge in [-0.15, -0.1) is 22.0 Å². The average Bonchev–Trinajstić information content (AvgIpc) is 3.20. The van der Waals surface area contributed by atoms with Crippen molar-refractivity contribution in [1.29, 1.82) is 0 Å². The molecule has 1 aromatic carbocycles. The molecule has 4 rings (SSSR count). The Labute approximate surface area is 190 Å². The highest BCUT2D eigenvalue weighted by molar-refractivity contribution is 7.99. The molecule has 0 spiro atoms. The molecule has 0 aliphatic rings. The van der Waals surface area contributed by atoms with E-state index in [1.807, 2.05) is 24.4 Å². The van der Waals surface area contributed by atoms with Gasteiger partial charge in [0.05, 0.1) is 17.1 Å². The fourth-order valence-electron chi connectivity index (χ4n) is 3.07. The zero-order chi connectivity index (χ0) is 22.0. The normalized spacial score (nSPS) is 11.8. The molecule has 0 fully saturated rings. The number of benzene rings is 1. The molecule has 0 aliphatic heterocycles. The van der Waals surface area contributed by atoms with Crippen LogP contribution in [0.25, 0.3) is 22.3 Å². The van der Waals surface area contributed by atoms with Gasteiger partial charge in [-0.05, 0) is 48.2 Å². The van der Waals surface area contributed by atoms with Crippen molar-refractivity contribution < 1.29 is 4.39 Å². The Morgan fingerprint density at radius 3 is 2.74 bits per heavy atom. The van der Waals surface area contributed by atoms with Crippen molar-refractivity contribution in [1.82, 2.24) is 20.2 Å². The van der Waals surface area contributed by atoms with E-state index in [2.05, 4.69) is 45.1 Å². The van der Waals surface area contributed by atoms with Crippen molar-refractivity contribution in [2.45, 2.75) is 30.7 Å². The highest BCUT2D eigenvalue weighted by Crippen LogP contribution is 2.34. The van der Waals surface area contributed by atoms with Crippen LogP contribution >= 0.6 is 23.4 Å². The zero-order valence-corrected chi connectivity index (χ0v) is 20.1. The standard InChI is InChI=1S/C22H23ClFN5SSi/c1-31(2,3)11-10-30-22-20(27-18-7-9-26-21-15(18)6-8-25-21)13-19(28-29-22)16-12-14(23)4-5-17(16)24/h4-9,12-13H,10-11H2,1-3H3,(H2,25,26,27,28). The first-order chi connectivity index (χ1) is 14.8. The maximum atomic E-state index is 14.5. The van der Waals surface area contributed by atoms with Crippen molar-refractivity contribution in [2.24, 2.45) is 0 Å². The van der Waals surface area contributed by atoms with Crippen molar-refractivity contribution in [3.05, 3.63) is 59.6 Å². The predicted molar refractivity (Wildman–Crippen MR) is 131 cm³/mol. The van der Waals surface area contributed by atoms with E-state index < -0.39 is 8.07 Å². The topological polar surface area (TPSA) is 66.5 Å². The lowest BCUT2D eigenvalue weighted by Gasteiger charge is -2.16. The van der Waals surface area contributed by atoms with Crippen LogP contribution in [0.5, 0.6) is 0 Å². The van der Waals surface area contributed by atoms with Crippen LogP contribution in [0.15, 0.2) is 53.8 Å². The van der Waals surface area contributed by atoms with Crippen molar-refractivity contribution >= 4 is 53.8 Å². The number of rotatable bonds is 7. The number of fused-ring (bicyclic) bond motifs is 1. The molecule has 0 amide bonds. The van der Waals surface area contributed by atoms with Crippen molar-refractivity contribution in [2.75, 3.05) is 11.1 Å². The highest BCUT2D eigenvalue weighted by Gasteiger charge is 2.17. The van der Waals surface area contributed by atoms with Gasteiger partial charge >= 0.3 is 0 Å². The molecule has 5 nitrogen and oxygen atoms in total. The van der Waals surface area contributed by atoms with Gasteiger partial charge < -0.3 is 10.3 Å². The largest absolute Gasteiger partial charge is 0.353 e. The van der Waals surface area contributed by atoms with Gasteiger partial charge in [0.1, 0.15) is 16.5 Å². The Morgan fingerprint density at radius 2 is 1.94 bits per heavy atom. The minimum Gasteiger partial charge on any atom is -0.353 e. The van der Waals surface area contributed by atoms with Crippen molar-refractivity contribution in [3.63, 3.8) is 0 Å². The minimum atomic E-state index is -1.17. The third-order valence-electron chi connectivity index (χ3n) is 4.78. The summed E-state index contributed by atoms with van der Waals surface area (Å²) in [7, 11) is -1.17. The zero-order valence-electron chi connectivity index (χ0n) is 17.5. The van der Waals surface area contributed by atoms with E-state index in [-0.39, 0.29) is 5.82 Å². The van der Waals surface area contributed by atoms with Gasteiger partial charge in [0.15, 0.2) is 0 Å². The van der Waals surface area contributed by atoms with Crippen LogP contribution in [0, 0.1) is 5.82 Å². The Morgan fingerprint density at radius 1 is 1.10 bits per heavy atom. The highest BCUT2D eigenvalue weighted by atomic mass is 35.5. The number of nitrogens with one attached hydrogen (secondary N) is 2. The molecule has 3 heterocycles. The molecule has 0 atom stereocenters. The number of H-pyrrole nitrogens is 1. The second-order valence-corrected chi connectivity index (χ2v) is 15.6. The number of halogens is 2. The van der Waals surface area contributed by atoms with E-state index in [1.165, 1.54) is 18.2 Å². The lowest BCUT2D eigenvalue weighted by atomic mass is 10.1. The van der Waals surface area contributed by atoms with Crippen LogP contribution in [0.3, 0.4) is 0 Å². The van der Waals surface area contributed by atoms with E-state index in [9.17, 15) is 4.39 Å². The number of hydrogen-bond donors (Lipinski definition) is 2. The van der Waals surface area contributed by atoms with Crippen LogP contribution in [0.1, 0.15) is 0 Å². The molecule has 9 heteroatoms. The number of pyridine rings is 1. The van der Waals surface area contributed by atoms with Gasteiger partial charge in [-0.3, -0.25) is 0 Å². The lowest BCUT2D eigenvalue weighted by molar-refractivity contribution is 0.630. The van der Waals surface area contributed by atoms with Crippen LogP contribution in [0.4, 0.5) is 15.8 Å². The molecule has 31 heavy (non-hydrogen) atoms. The molecule has 0 radical (unpaired) electrons. The second-order valence-electron chi connectivity index (χ2n) is 8.46. The molecular formula is C22H23ClFN5SSi. The molecule has 2 N–H and O–H groups in total. The summed E-state index contributed by atoms with van der Waals surface area (Å²) in [6, 6.07) is 11.3. The maximum Gasteiger partial charge on any atom is 0.142 e. The van der Waals surface area contributed by atoms with Gasteiger partial charge in [0.25, 0.3) is 0 Å². The lowest BCUT2D eigenvalue weighted by Crippen LogP contribution is -2.19. The number of aromatic amines is 1. The van der Waals surface area contributed by atoms with Gasteiger partial charge in [-0.1, -0.05) is 31.2 Å². The van der Waals surface area contributed by atoms with E-state index in [4.69, 9.17) is 11.6 Å². The van der Waals surface area contributed by atoms with Crippen LogP contribution in [-0.2, 0) is 0 Å². The summed E-state index contributed by atoms with van der Waals surface area (Å²) in [5, 5.41) is 14.4. The molecule has 0 bridgehead atoms. The van der Waals surface area contributed by atoms with Crippen LogP contribution in [0.2, 0.25) is 30.7 Å². The molecule has 0 aliphatic carbocycles. The third kappa shape index (κ3) is 5.26. The van der Waals surface area contributed by atoms with Crippen LogP contribution < -0.4 is 5.32 Å². The predicted octanol–water partition coefficient (Wildman–Crippen LogP) is 6.99. The molecule has 0 unspecified atom stereocenters. The number of thioether (sulfide) groups is 1. The summed E-state index contributed by atoms with van der Waals surface area (Å²) < 4.78 is 14.5. The Bertz CT molecular complexity index is 1220. The number of aromatic nitrogens is 4. The van der Waals surface area contributed by atoms with Gasteiger partial charge in [-0.25, -0.2) is 9.37 Å². The first-order valence-corrected chi connectivity index (χ1v) is 15.0. The minimum absolute atomic E-state index is 0.322. The summed E-state index contributed by atoms with van der Waals surface area (Å²) in [4.78, 5) is 7.46. The molecule has 0 saturated carbocycles. The second kappa shape index (κ2) is 8.98. The summed E-state index contributed by atoms with van der Waals surface area (Å²) in [5.41, 5.74) is 3.21. The monoisotopic (exact) mass is 471 g/mol. The fourth-order valence-corrected chi connectivity index (χ4v) is 6.66. The Hall–Kier alpha value is -2.42. The molecule has 0 saturated heterocycles. The summed E-state index contributed by atoms with van der Waals surface area (Å²) in [6.45, 7) is 7.05. The van der Waals surface area contributed by atoms with E-state index >= 15 is 0 Å². The van der Waals surface area contributed by atoms with Gasteiger partial charge in [-0.2, -0.15) is 0 Å². The SMILES string of the molecule is C[Si](C)(C)CCSc1nnc(-c2cc(Cl)ccc2F)cc1Nc1ccnc2[nH]ccc12. The first-order valence-electron chi connectivity index (χ1n) is 9.95. The van der Waals surface area contributed by atoms with Gasteiger partial charge in [0, 0.05) is 36.4 Å². The Balaban J connectivity index is 1.73. The number of hydrogen-bond acceptors (Lipinski definition) is 5. The number of nitrogens with zero attached hydrogens (tertiary/aromatic N) is 3. The van der Waals surface area contributed by atoms with E-state index in [0.29, 0.717) is 16.3 Å². The summed E-state index contributed by atoms with van der Waals surface area (Å²) in [5.74, 6) is 0.570. The molecule has 160 valence electrons. The average molecular weight is 472 g/mol. The maximum absolute atomic E-state index is 14.5. The molecule has 4 aromatic rings. The smallest absolute Gasteiger partial charge is 0.142 e. The first kappa shape index (κ1) is 21.8. The Kier molecular flexibility index (Phi) is 6.31. The van der Waals surface area contributed by atoms with Crippen LogP contribution in [-0.4, -0.2) is 34.0 Å². The molecular weight excluding hydrogens is 449 g/mol. The van der Waals surface area contributed by atoms with Crippen molar-refractivity contribution in [3.8, 4) is 11.3 Å². The number of anilines is 2. The molecule has 3 aromatic heterocycles.